The molecule has 134 valence electrons. The zero-order valence-corrected chi connectivity index (χ0v) is 13.2. The minimum absolute atomic E-state index is 0.121. The molecule has 1 amide bonds. The number of aliphatic hydroxyl groups excluding tert-OH is 1. The highest BCUT2D eigenvalue weighted by Gasteiger charge is 2.27. The molecule has 0 bridgehead atoms. The average Bonchev–Trinajstić information content (AvgIpc) is 2.53. The number of likely N-dealkylation sites (tertiary alicyclic amines) is 1. The van der Waals surface area contributed by atoms with E-state index in [1.165, 1.54) is 0 Å². The van der Waals surface area contributed by atoms with Crippen LogP contribution in [0.25, 0.3) is 0 Å². The Balaban J connectivity index is 1.91. The highest BCUT2D eigenvalue weighted by molar-refractivity contribution is 5.99. The number of halogens is 3. The molecule has 1 heterocycles. The zero-order chi connectivity index (χ0) is 17.6. The van der Waals surface area contributed by atoms with Gasteiger partial charge in [-0.05, 0) is 25.0 Å². The van der Waals surface area contributed by atoms with E-state index in [0.29, 0.717) is 30.8 Å². The van der Waals surface area contributed by atoms with Gasteiger partial charge < -0.3 is 20.1 Å². The van der Waals surface area contributed by atoms with Crippen LogP contribution >= 0.6 is 0 Å². The third kappa shape index (κ3) is 5.68. The largest absolute Gasteiger partial charge is 0.411 e. The quantitative estimate of drug-likeness (QED) is 0.776. The van der Waals surface area contributed by atoms with Gasteiger partial charge in [-0.2, -0.15) is 13.2 Å². The number of rotatable bonds is 6. The summed E-state index contributed by atoms with van der Waals surface area (Å²) in [5, 5.41) is 12.6. The number of nitrogens with zero attached hydrogens (tertiary/aromatic N) is 1. The molecule has 1 aromatic carbocycles. The first-order chi connectivity index (χ1) is 11.4. The van der Waals surface area contributed by atoms with Crippen molar-refractivity contribution in [3.8, 4) is 0 Å². The molecule has 1 fully saturated rings. The number of alkyl halides is 3. The van der Waals surface area contributed by atoms with Crippen molar-refractivity contribution in [2.45, 2.75) is 25.1 Å². The Kier molecular flexibility index (Phi) is 6.44. The van der Waals surface area contributed by atoms with Gasteiger partial charge in [0.2, 0.25) is 0 Å². The topological polar surface area (TPSA) is 61.8 Å². The van der Waals surface area contributed by atoms with Gasteiger partial charge in [0.1, 0.15) is 6.61 Å². The molecule has 1 atom stereocenters. The second-order valence-electron chi connectivity index (χ2n) is 5.69. The Hall–Kier alpha value is -1.80. The predicted octanol–water partition coefficient (Wildman–Crippen LogP) is 2.27. The van der Waals surface area contributed by atoms with Crippen molar-refractivity contribution >= 4 is 11.6 Å². The van der Waals surface area contributed by atoms with E-state index in [1.54, 1.807) is 29.2 Å². The van der Waals surface area contributed by atoms with Gasteiger partial charge in [-0.3, -0.25) is 4.79 Å². The van der Waals surface area contributed by atoms with Crippen LogP contribution in [-0.4, -0.2) is 61.0 Å². The van der Waals surface area contributed by atoms with Crippen molar-refractivity contribution < 1.29 is 27.8 Å². The molecule has 0 aliphatic carbocycles. The number of nitrogens with one attached hydrogen (secondary N) is 1. The summed E-state index contributed by atoms with van der Waals surface area (Å²) in [7, 11) is 0. The fourth-order valence-electron chi connectivity index (χ4n) is 2.58. The van der Waals surface area contributed by atoms with Crippen molar-refractivity contribution in [2.75, 3.05) is 38.2 Å². The molecule has 0 spiro atoms. The van der Waals surface area contributed by atoms with E-state index in [-0.39, 0.29) is 19.1 Å². The highest BCUT2D eigenvalue weighted by atomic mass is 19.4. The van der Waals surface area contributed by atoms with Crippen molar-refractivity contribution in [3.63, 3.8) is 0 Å². The lowest BCUT2D eigenvalue weighted by Crippen LogP contribution is -2.42. The maximum Gasteiger partial charge on any atom is 0.411 e. The van der Waals surface area contributed by atoms with Crippen LogP contribution < -0.4 is 5.32 Å². The lowest BCUT2D eigenvalue weighted by molar-refractivity contribution is -0.172. The lowest BCUT2D eigenvalue weighted by atomic mass is 10.1. The molecule has 0 unspecified atom stereocenters. The van der Waals surface area contributed by atoms with Gasteiger partial charge in [0.05, 0.1) is 18.3 Å². The molecule has 1 aromatic rings. The van der Waals surface area contributed by atoms with Gasteiger partial charge in [0.15, 0.2) is 0 Å². The highest BCUT2D eigenvalue weighted by Crippen LogP contribution is 2.20. The molecular formula is C16H21F3N2O3. The van der Waals surface area contributed by atoms with Crippen LogP contribution in [0.5, 0.6) is 0 Å². The van der Waals surface area contributed by atoms with Gasteiger partial charge in [-0.1, -0.05) is 12.1 Å². The number of benzene rings is 1. The lowest BCUT2D eigenvalue weighted by Gasteiger charge is -2.30. The minimum atomic E-state index is -4.34. The first-order valence-corrected chi connectivity index (χ1v) is 7.81. The van der Waals surface area contributed by atoms with Crippen LogP contribution in [0.15, 0.2) is 24.3 Å². The van der Waals surface area contributed by atoms with Crippen molar-refractivity contribution in [1.82, 2.24) is 4.90 Å². The SMILES string of the molecule is O=C(c1ccccc1NCCOCC(F)(F)F)N1CCC[C@H](O)C1. The van der Waals surface area contributed by atoms with Gasteiger partial charge in [0, 0.05) is 25.3 Å². The number of anilines is 1. The van der Waals surface area contributed by atoms with Crippen molar-refractivity contribution in [1.29, 1.82) is 0 Å². The van der Waals surface area contributed by atoms with E-state index in [9.17, 15) is 23.1 Å². The van der Waals surface area contributed by atoms with Crippen LogP contribution in [-0.2, 0) is 4.74 Å². The number of carbonyl (C=O) groups excluding carboxylic acids is 1. The third-order valence-electron chi connectivity index (χ3n) is 3.67. The summed E-state index contributed by atoms with van der Waals surface area (Å²) < 4.78 is 40.5. The van der Waals surface area contributed by atoms with E-state index in [0.717, 1.165) is 6.42 Å². The van der Waals surface area contributed by atoms with Crippen molar-refractivity contribution in [2.24, 2.45) is 0 Å². The molecule has 1 saturated heterocycles. The summed E-state index contributed by atoms with van der Waals surface area (Å²) in [6.07, 6.45) is -3.43. The van der Waals surface area contributed by atoms with Gasteiger partial charge in [-0.15, -0.1) is 0 Å². The number of hydrogen-bond acceptors (Lipinski definition) is 4. The Bertz CT molecular complexity index is 552. The Morgan fingerprint density at radius 3 is 2.83 bits per heavy atom. The summed E-state index contributed by atoms with van der Waals surface area (Å²) in [5.74, 6) is -0.201. The summed E-state index contributed by atoms with van der Waals surface area (Å²) in [6, 6.07) is 6.80. The van der Waals surface area contributed by atoms with Crippen LogP contribution in [0, 0.1) is 0 Å². The number of ether oxygens (including phenoxy) is 1. The summed E-state index contributed by atoms with van der Waals surface area (Å²) in [5.41, 5.74) is 0.973. The second-order valence-corrected chi connectivity index (χ2v) is 5.69. The summed E-state index contributed by atoms with van der Waals surface area (Å²) in [4.78, 5) is 14.2. The maximum atomic E-state index is 12.6. The average molecular weight is 346 g/mol. The Labute approximate surface area is 138 Å². The molecule has 1 aliphatic heterocycles. The molecular weight excluding hydrogens is 325 g/mol. The van der Waals surface area contributed by atoms with Crippen molar-refractivity contribution in [3.05, 3.63) is 29.8 Å². The summed E-state index contributed by atoms with van der Waals surface area (Å²) in [6.45, 7) is -0.380. The van der Waals surface area contributed by atoms with Crippen LogP contribution in [0.2, 0.25) is 0 Å². The molecule has 2 rings (SSSR count). The number of β-amino-alcohol motifs (C(OH)–C–C–N with tert-alkyl or cyclic N) is 1. The van der Waals surface area contributed by atoms with Gasteiger partial charge in [-0.25, -0.2) is 0 Å². The molecule has 8 heteroatoms. The number of aliphatic hydroxyl groups is 1. The Morgan fingerprint density at radius 2 is 2.12 bits per heavy atom. The minimum Gasteiger partial charge on any atom is -0.391 e. The standard InChI is InChI=1S/C16H21F3N2O3/c17-16(18,19)11-24-9-7-20-14-6-2-1-5-13(14)15(23)21-8-3-4-12(22)10-21/h1-2,5-6,12,20,22H,3-4,7-11H2/t12-/m0/s1. The van der Waals surface area contributed by atoms with Gasteiger partial charge >= 0.3 is 6.18 Å². The maximum absolute atomic E-state index is 12.6. The molecule has 0 aromatic heterocycles. The monoisotopic (exact) mass is 346 g/mol. The van der Waals surface area contributed by atoms with E-state index in [4.69, 9.17) is 0 Å². The predicted molar refractivity (Wildman–Crippen MR) is 83.0 cm³/mol. The van der Waals surface area contributed by atoms with Crippen LogP contribution in [0.1, 0.15) is 23.2 Å². The smallest absolute Gasteiger partial charge is 0.391 e. The van der Waals surface area contributed by atoms with Crippen LogP contribution in [0.3, 0.4) is 0 Å². The molecule has 0 saturated carbocycles. The zero-order valence-electron chi connectivity index (χ0n) is 13.2. The number of carbonyl (C=O) groups is 1. The van der Waals surface area contributed by atoms with E-state index < -0.39 is 18.9 Å². The first kappa shape index (κ1) is 18.5. The fourth-order valence-corrected chi connectivity index (χ4v) is 2.58. The molecule has 5 nitrogen and oxygen atoms in total. The normalized spacial score (nSPS) is 18.5. The van der Waals surface area contributed by atoms with Gasteiger partial charge in [0.25, 0.3) is 5.91 Å². The Morgan fingerprint density at radius 1 is 1.38 bits per heavy atom. The second kappa shape index (κ2) is 8.34. The number of hydrogen-bond donors (Lipinski definition) is 2. The molecule has 1 aliphatic rings. The fraction of sp³-hybridized carbons (Fsp3) is 0.562. The summed E-state index contributed by atoms with van der Waals surface area (Å²) >= 11 is 0. The van der Waals surface area contributed by atoms with E-state index in [1.807, 2.05) is 0 Å². The van der Waals surface area contributed by atoms with E-state index in [2.05, 4.69) is 10.1 Å². The number of para-hydroxylation sites is 1. The first-order valence-electron chi connectivity index (χ1n) is 7.81. The molecule has 24 heavy (non-hydrogen) atoms. The van der Waals surface area contributed by atoms with E-state index >= 15 is 0 Å². The number of piperidine rings is 1. The van der Waals surface area contributed by atoms with Crippen LogP contribution in [0.4, 0.5) is 18.9 Å². The third-order valence-corrected chi connectivity index (χ3v) is 3.67. The number of amides is 1. The molecule has 0 radical (unpaired) electrons. The molecule has 2 N–H and O–H groups in total.